The fourth-order valence-corrected chi connectivity index (χ4v) is 3.47. The Morgan fingerprint density at radius 1 is 1.22 bits per heavy atom. The van der Waals surface area contributed by atoms with Crippen LogP contribution in [0.1, 0.15) is 28.8 Å². The minimum Gasteiger partial charge on any atom is -0.475 e. The number of aliphatic carboxylic acids is 1. The fraction of sp³-hybridized carbons (Fsp3) is 0.450. The number of carbonyl (C=O) groups excluding carboxylic acids is 1. The largest absolute Gasteiger partial charge is 0.490 e. The number of halogens is 3. The van der Waals surface area contributed by atoms with Crippen molar-refractivity contribution in [1.29, 1.82) is 0 Å². The SMILES string of the molecule is Cc1cncc(C(=O)N2CC3(CC(Oc4cnccn4)CCO3)C2)c1.O=C(O)C(F)(F)F. The number of ether oxygens (including phenoxy) is 2. The second-order valence-corrected chi connectivity index (χ2v) is 7.52. The summed E-state index contributed by atoms with van der Waals surface area (Å²) in [6.07, 6.45) is 4.72. The van der Waals surface area contributed by atoms with Gasteiger partial charge in [-0.3, -0.25) is 14.8 Å². The van der Waals surface area contributed by atoms with Gasteiger partial charge in [0.15, 0.2) is 0 Å². The predicted octanol–water partition coefficient (Wildman–Crippen LogP) is 2.27. The topological polar surface area (TPSA) is 115 Å². The van der Waals surface area contributed by atoms with Gasteiger partial charge in [-0.2, -0.15) is 13.2 Å². The number of pyridine rings is 1. The van der Waals surface area contributed by atoms with Gasteiger partial charge in [-0.25, -0.2) is 9.78 Å². The molecule has 1 spiro atoms. The van der Waals surface area contributed by atoms with Crippen LogP contribution in [0.5, 0.6) is 5.88 Å². The van der Waals surface area contributed by atoms with Crippen molar-refractivity contribution < 1.29 is 37.3 Å². The molecule has 4 heterocycles. The normalized spacial score (nSPS) is 19.4. The Morgan fingerprint density at radius 3 is 2.53 bits per heavy atom. The maximum absolute atomic E-state index is 12.6. The third kappa shape index (κ3) is 5.90. The number of amides is 1. The Balaban J connectivity index is 0.000000360. The summed E-state index contributed by atoms with van der Waals surface area (Å²) >= 11 is 0. The Morgan fingerprint density at radius 2 is 1.94 bits per heavy atom. The van der Waals surface area contributed by atoms with Gasteiger partial charge in [0.25, 0.3) is 5.91 Å². The highest BCUT2D eigenvalue weighted by Crippen LogP contribution is 2.36. The van der Waals surface area contributed by atoms with Crippen molar-refractivity contribution in [2.75, 3.05) is 19.7 Å². The number of aromatic nitrogens is 3. The van der Waals surface area contributed by atoms with Gasteiger partial charge in [0.1, 0.15) is 11.7 Å². The van der Waals surface area contributed by atoms with E-state index in [4.69, 9.17) is 19.4 Å². The molecule has 1 unspecified atom stereocenters. The zero-order valence-electron chi connectivity index (χ0n) is 17.1. The first kappa shape index (κ1) is 23.4. The molecule has 32 heavy (non-hydrogen) atoms. The fourth-order valence-electron chi connectivity index (χ4n) is 3.47. The van der Waals surface area contributed by atoms with Gasteiger partial charge in [-0.05, 0) is 18.6 Å². The molecule has 1 amide bonds. The van der Waals surface area contributed by atoms with Crippen LogP contribution in [-0.2, 0) is 9.53 Å². The predicted molar refractivity (Wildman–Crippen MR) is 103 cm³/mol. The summed E-state index contributed by atoms with van der Waals surface area (Å²) in [5.74, 6) is -2.22. The van der Waals surface area contributed by atoms with E-state index in [1.54, 1.807) is 35.9 Å². The van der Waals surface area contributed by atoms with E-state index >= 15 is 0 Å². The first-order chi connectivity index (χ1) is 15.1. The average molecular weight is 454 g/mol. The number of nitrogens with zero attached hydrogens (tertiary/aromatic N) is 4. The van der Waals surface area contributed by atoms with Gasteiger partial charge in [-0.1, -0.05) is 0 Å². The quantitative estimate of drug-likeness (QED) is 0.751. The zero-order chi connectivity index (χ0) is 23.4. The molecule has 4 rings (SSSR count). The minimum absolute atomic E-state index is 0.00222. The second kappa shape index (κ2) is 9.47. The van der Waals surface area contributed by atoms with Crippen LogP contribution in [0.4, 0.5) is 13.2 Å². The third-order valence-electron chi connectivity index (χ3n) is 4.88. The monoisotopic (exact) mass is 454 g/mol. The van der Waals surface area contributed by atoms with Crippen molar-refractivity contribution in [2.45, 2.75) is 37.6 Å². The molecule has 12 heteroatoms. The molecule has 2 aromatic rings. The minimum atomic E-state index is -5.08. The number of carboxylic acids is 1. The Labute approximate surface area is 181 Å². The maximum Gasteiger partial charge on any atom is 0.490 e. The summed E-state index contributed by atoms with van der Waals surface area (Å²) in [6.45, 7) is 3.72. The first-order valence-corrected chi connectivity index (χ1v) is 9.66. The number of hydrogen-bond donors (Lipinski definition) is 1. The molecule has 0 aromatic carbocycles. The highest BCUT2D eigenvalue weighted by molar-refractivity contribution is 5.94. The third-order valence-corrected chi connectivity index (χ3v) is 4.88. The van der Waals surface area contributed by atoms with Crippen molar-refractivity contribution in [3.8, 4) is 5.88 Å². The molecule has 2 saturated heterocycles. The van der Waals surface area contributed by atoms with Gasteiger partial charge in [0, 0.05) is 37.6 Å². The van der Waals surface area contributed by atoms with Crippen LogP contribution in [0.3, 0.4) is 0 Å². The van der Waals surface area contributed by atoms with Crippen molar-refractivity contribution in [1.82, 2.24) is 19.9 Å². The summed E-state index contributed by atoms with van der Waals surface area (Å²) in [6, 6.07) is 1.86. The Bertz CT molecular complexity index is 952. The lowest BCUT2D eigenvalue weighted by atomic mass is 9.84. The van der Waals surface area contributed by atoms with Crippen molar-refractivity contribution in [3.05, 3.63) is 48.2 Å². The number of rotatable bonds is 3. The van der Waals surface area contributed by atoms with E-state index in [1.165, 1.54) is 0 Å². The highest BCUT2D eigenvalue weighted by Gasteiger charge is 2.50. The number of hydrogen-bond acceptors (Lipinski definition) is 7. The van der Waals surface area contributed by atoms with E-state index in [1.807, 2.05) is 13.0 Å². The second-order valence-electron chi connectivity index (χ2n) is 7.52. The van der Waals surface area contributed by atoms with Gasteiger partial charge >= 0.3 is 12.1 Å². The summed E-state index contributed by atoms with van der Waals surface area (Å²) in [5.41, 5.74) is 1.29. The van der Waals surface area contributed by atoms with E-state index in [0.717, 1.165) is 18.4 Å². The standard InChI is InChI=1S/C18H20N4O3.C2HF3O2/c1-13-6-14(9-20-8-13)17(23)22-11-18(12-22)7-15(2-5-24-18)25-16-10-19-3-4-21-16;3-2(4,5)1(6)7/h3-4,6,8-10,15H,2,5,7,11-12H2,1H3;(H,6,7). The van der Waals surface area contributed by atoms with Crippen molar-refractivity contribution in [3.63, 3.8) is 0 Å². The first-order valence-electron chi connectivity index (χ1n) is 9.66. The molecule has 2 aliphatic heterocycles. The van der Waals surface area contributed by atoms with E-state index in [9.17, 15) is 18.0 Å². The molecule has 172 valence electrons. The van der Waals surface area contributed by atoms with Crippen LogP contribution < -0.4 is 4.74 Å². The van der Waals surface area contributed by atoms with Gasteiger partial charge in [0.2, 0.25) is 5.88 Å². The summed E-state index contributed by atoms with van der Waals surface area (Å²) in [5, 5.41) is 7.12. The van der Waals surface area contributed by atoms with Crippen LogP contribution in [0.25, 0.3) is 0 Å². The molecule has 9 nitrogen and oxygen atoms in total. The molecule has 0 saturated carbocycles. The van der Waals surface area contributed by atoms with Crippen molar-refractivity contribution in [2.24, 2.45) is 0 Å². The van der Waals surface area contributed by atoms with Crippen LogP contribution >= 0.6 is 0 Å². The van der Waals surface area contributed by atoms with Crippen LogP contribution in [-0.4, -0.2) is 74.4 Å². The molecule has 2 fully saturated rings. The molecule has 2 aliphatic rings. The number of alkyl halides is 3. The number of carboxylic acid groups (broad SMARTS) is 1. The molecule has 0 bridgehead atoms. The molecule has 2 aromatic heterocycles. The summed E-state index contributed by atoms with van der Waals surface area (Å²) in [7, 11) is 0. The molecule has 0 radical (unpaired) electrons. The molecule has 0 aliphatic carbocycles. The van der Waals surface area contributed by atoms with E-state index in [2.05, 4.69) is 15.0 Å². The lowest BCUT2D eigenvalue weighted by Gasteiger charge is -2.52. The summed E-state index contributed by atoms with van der Waals surface area (Å²) in [4.78, 5) is 35.5. The highest BCUT2D eigenvalue weighted by atomic mass is 19.4. The van der Waals surface area contributed by atoms with Gasteiger partial charge in [-0.15, -0.1) is 0 Å². The van der Waals surface area contributed by atoms with E-state index < -0.39 is 12.1 Å². The maximum atomic E-state index is 12.6. The molecule has 1 atom stereocenters. The smallest absolute Gasteiger partial charge is 0.475 e. The zero-order valence-corrected chi connectivity index (χ0v) is 17.1. The van der Waals surface area contributed by atoms with E-state index in [-0.39, 0.29) is 17.6 Å². The average Bonchev–Trinajstić information content (AvgIpc) is 2.72. The van der Waals surface area contributed by atoms with E-state index in [0.29, 0.717) is 31.1 Å². The van der Waals surface area contributed by atoms with Gasteiger partial charge < -0.3 is 19.5 Å². The Kier molecular flexibility index (Phi) is 6.92. The number of likely N-dealkylation sites (tertiary alicyclic amines) is 1. The summed E-state index contributed by atoms with van der Waals surface area (Å²) < 4.78 is 43.6. The molecular weight excluding hydrogens is 433 g/mol. The number of carbonyl (C=O) groups is 2. The van der Waals surface area contributed by atoms with Crippen LogP contribution in [0, 0.1) is 6.92 Å². The van der Waals surface area contributed by atoms with Crippen molar-refractivity contribution >= 4 is 11.9 Å². The lowest BCUT2D eigenvalue weighted by Crippen LogP contribution is -2.67. The number of aryl methyl sites for hydroxylation is 1. The van der Waals surface area contributed by atoms with Gasteiger partial charge in [0.05, 0.1) is 31.5 Å². The Hall–Kier alpha value is -3.28. The van der Waals surface area contributed by atoms with Crippen LogP contribution in [0.15, 0.2) is 37.1 Å². The van der Waals surface area contributed by atoms with Crippen LogP contribution in [0.2, 0.25) is 0 Å². The molecule has 1 N–H and O–H groups in total. The lowest BCUT2D eigenvalue weighted by molar-refractivity contribution is -0.192. The molecular formula is C20H21F3N4O5.